The zero-order valence-electron chi connectivity index (χ0n) is 11.2. The summed E-state index contributed by atoms with van der Waals surface area (Å²) in [6, 6.07) is 5.59. The Morgan fingerprint density at radius 3 is 2.47 bits per heavy atom. The van der Waals surface area contributed by atoms with E-state index in [1.54, 1.807) is 20.4 Å². The van der Waals surface area contributed by atoms with Crippen LogP contribution in [0.3, 0.4) is 0 Å². The van der Waals surface area contributed by atoms with Crippen molar-refractivity contribution in [3.8, 4) is 22.8 Å². The molecule has 0 aliphatic carbocycles. The molecule has 0 amide bonds. The third-order valence-electron chi connectivity index (χ3n) is 2.82. The van der Waals surface area contributed by atoms with Crippen LogP contribution in [0.5, 0.6) is 11.5 Å². The molecule has 102 valence electrons. The molecule has 0 saturated heterocycles. The Labute approximate surface area is 112 Å². The van der Waals surface area contributed by atoms with E-state index >= 15 is 0 Å². The molecular weight excluding hydrogens is 244 g/mol. The smallest absolute Gasteiger partial charge is 0.194 e. The van der Waals surface area contributed by atoms with Gasteiger partial charge in [-0.15, -0.1) is 0 Å². The third kappa shape index (κ3) is 2.88. The summed E-state index contributed by atoms with van der Waals surface area (Å²) in [5.41, 5.74) is 6.25. The second kappa shape index (κ2) is 6.24. The van der Waals surface area contributed by atoms with Gasteiger partial charge in [-0.05, 0) is 25.1 Å². The molecule has 0 aliphatic rings. The predicted molar refractivity (Wildman–Crippen MR) is 72.4 cm³/mol. The van der Waals surface area contributed by atoms with Crippen molar-refractivity contribution in [1.29, 1.82) is 0 Å². The Hall–Kier alpha value is -2.01. The number of methoxy groups -OCH3 is 2. The van der Waals surface area contributed by atoms with Crippen LogP contribution in [0.1, 0.15) is 12.3 Å². The minimum absolute atomic E-state index is 0.621. The molecule has 2 N–H and O–H groups in total. The van der Waals surface area contributed by atoms with Crippen LogP contribution in [-0.4, -0.2) is 25.7 Å². The summed E-state index contributed by atoms with van der Waals surface area (Å²) in [6.07, 6.45) is 3.27. The Morgan fingerprint density at radius 1 is 1.21 bits per heavy atom. The Balaban J connectivity index is 2.37. The largest absolute Gasteiger partial charge is 0.496 e. The molecule has 1 aromatic carbocycles. The van der Waals surface area contributed by atoms with Gasteiger partial charge in [0.2, 0.25) is 0 Å². The van der Waals surface area contributed by atoms with Gasteiger partial charge in [0.25, 0.3) is 0 Å². The average Bonchev–Trinajstić information content (AvgIpc) is 2.92. The quantitative estimate of drug-likeness (QED) is 0.864. The van der Waals surface area contributed by atoms with E-state index in [-0.39, 0.29) is 0 Å². The number of hydrogen-bond donors (Lipinski definition) is 1. The maximum Gasteiger partial charge on any atom is 0.194 e. The lowest BCUT2D eigenvalue weighted by atomic mass is 10.1. The first-order chi connectivity index (χ1) is 9.30. The number of nitrogens with zero attached hydrogens (tertiary/aromatic N) is 1. The maximum atomic E-state index is 5.73. The van der Waals surface area contributed by atoms with Crippen LogP contribution in [0, 0.1) is 0 Å². The first kappa shape index (κ1) is 13.4. The minimum Gasteiger partial charge on any atom is -0.496 e. The SMILES string of the molecule is COc1cccc(OC)c1-c1cnc(CCCN)o1. The maximum absolute atomic E-state index is 5.73. The van der Waals surface area contributed by atoms with E-state index in [4.69, 9.17) is 19.6 Å². The second-order valence-corrected chi connectivity index (χ2v) is 4.05. The van der Waals surface area contributed by atoms with Crippen molar-refractivity contribution in [1.82, 2.24) is 4.98 Å². The summed E-state index contributed by atoms with van der Waals surface area (Å²) in [5, 5.41) is 0. The molecule has 2 rings (SSSR count). The number of hydrogen-bond acceptors (Lipinski definition) is 5. The van der Waals surface area contributed by atoms with Gasteiger partial charge in [-0.1, -0.05) is 6.07 Å². The molecule has 0 aliphatic heterocycles. The van der Waals surface area contributed by atoms with E-state index in [0.717, 1.165) is 18.4 Å². The monoisotopic (exact) mass is 262 g/mol. The number of rotatable bonds is 6. The van der Waals surface area contributed by atoms with Crippen LogP contribution in [-0.2, 0) is 6.42 Å². The third-order valence-corrected chi connectivity index (χ3v) is 2.82. The van der Waals surface area contributed by atoms with Gasteiger partial charge in [-0.2, -0.15) is 0 Å². The minimum atomic E-state index is 0.621. The molecule has 0 saturated carbocycles. The number of benzene rings is 1. The van der Waals surface area contributed by atoms with Crippen LogP contribution in [0.2, 0.25) is 0 Å². The van der Waals surface area contributed by atoms with Crippen LogP contribution >= 0.6 is 0 Å². The van der Waals surface area contributed by atoms with Gasteiger partial charge in [0, 0.05) is 6.42 Å². The molecular formula is C14H18N2O3. The van der Waals surface area contributed by atoms with E-state index in [9.17, 15) is 0 Å². The lowest BCUT2D eigenvalue weighted by Gasteiger charge is -2.10. The van der Waals surface area contributed by atoms with E-state index in [2.05, 4.69) is 4.98 Å². The van der Waals surface area contributed by atoms with Gasteiger partial charge in [0.05, 0.1) is 20.4 Å². The predicted octanol–water partition coefficient (Wildman–Crippen LogP) is 2.25. The summed E-state index contributed by atoms with van der Waals surface area (Å²) >= 11 is 0. The summed E-state index contributed by atoms with van der Waals surface area (Å²) < 4.78 is 16.4. The molecule has 0 radical (unpaired) electrons. The fourth-order valence-electron chi connectivity index (χ4n) is 1.89. The zero-order chi connectivity index (χ0) is 13.7. The molecule has 0 bridgehead atoms. The average molecular weight is 262 g/mol. The van der Waals surface area contributed by atoms with E-state index in [0.29, 0.717) is 29.7 Å². The van der Waals surface area contributed by atoms with Crippen LogP contribution in [0.15, 0.2) is 28.8 Å². The molecule has 5 heteroatoms. The summed E-state index contributed by atoms with van der Waals surface area (Å²) in [5.74, 6) is 2.71. The highest BCUT2D eigenvalue weighted by atomic mass is 16.5. The lowest BCUT2D eigenvalue weighted by molar-refractivity contribution is 0.393. The van der Waals surface area contributed by atoms with Gasteiger partial charge in [0.15, 0.2) is 11.7 Å². The van der Waals surface area contributed by atoms with Crippen molar-refractivity contribution in [2.45, 2.75) is 12.8 Å². The fraction of sp³-hybridized carbons (Fsp3) is 0.357. The van der Waals surface area contributed by atoms with Crippen LogP contribution < -0.4 is 15.2 Å². The van der Waals surface area contributed by atoms with Gasteiger partial charge in [0.1, 0.15) is 17.1 Å². The van der Waals surface area contributed by atoms with Gasteiger partial charge in [-0.25, -0.2) is 4.98 Å². The Bertz CT molecular complexity index is 515. The normalized spacial score (nSPS) is 10.5. The number of aryl methyl sites for hydroxylation is 1. The highest BCUT2D eigenvalue weighted by Crippen LogP contribution is 2.38. The van der Waals surface area contributed by atoms with Crippen LogP contribution in [0.4, 0.5) is 0 Å². The highest BCUT2D eigenvalue weighted by Gasteiger charge is 2.16. The summed E-state index contributed by atoms with van der Waals surface area (Å²) in [6.45, 7) is 0.621. The van der Waals surface area contributed by atoms with Gasteiger partial charge < -0.3 is 19.6 Å². The molecule has 0 unspecified atom stereocenters. The molecule has 19 heavy (non-hydrogen) atoms. The van der Waals surface area contributed by atoms with Crippen molar-refractivity contribution in [2.75, 3.05) is 20.8 Å². The van der Waals surface area contributed by atoms with Gasteiger partial charge in [-0.3, -0.25) is 0 Å². The molecule has 1 heterocycles. The first-order valence-electron chi connectivity index (χ1n) is 6.16. The summed E-state index contributed by atoms with van der Waals surface area (Å²) in [7, 11) is 3.23. The zero-order valence-corrected chi connectivity index (χ0v) is 11.2. The Kier molecular flexibility index (Phi) is 4.41. The Morgan fingerprint density at radius 2 is 1.89 bits per heavy atom. The number of oxazole rings is 1. The highest BCUT2D eigenvalue weighted by molar-refractivity contribution is 5.72. The number of ether oxygens (including phenoxy) is 2. The van der Waals surface area contributed by atoms with Crippen molar-refractivity contribution < 1.29 is 13.9 Å². The van der Waals surface area contributed by atoms with Gasteiger partial charge >= 0.3 is 0 Å². The molecule has 5 nitrogen and oxygen atoms in total. The number of aromatic nitrogens is 1. The lowest BCUT2D eigenvalue weighted by Crippen LogP contribution is -2.00. The summed E-state index contributed by atoms with van der Waals surface area (Å²) in [4.78, 5) is 4.25. The topological polar surface area (TPSA) is 70.5 Å². The van der Waals surface area contributed by atoms with Crippen molar-refractivity contribution in [2.24, 2.45) is 5.73 Å². The number of nitrogens with two attached hydrogens (primary N) is 1. The fourth-order valence-corrected chi connectivity index (χ4v) is 1.89. The van der Waals surface area contributed by atoms with E-state index < -0.39 is 0 Å². The van der Waals surface area contributed by atoms with Crippen molar-refractivity contribution in [3.63, 3.8) is 0 Å². The molecule has 0 fully saturated rings. The van der Waals surface area contributed by atoms with E-state index in [1.807, 2.05) is 18.2 Å². The van der Waals surface area contributed by atoms with Crippen molar-refractivity contribution in [3.05, 3.63) is 30.3 Å². The standard InChI is InChI=1S/C14H18N2O3/c1-17-10-5-3-6-11(18-2)14(10)12-9-16-13(19-12)7-4-8-15/h3,5-6,9H,4,7-8,15H2,1-2H3. The molecule has 0 spiro atoms. The molecule has 1 aromatic heterocycles. The first-order valence-corrected chi connectivity index (χ1v) is 6.16. The van der Waals surface area contributed by atoms with E-state index in [1.165, 1.54) is 0 Å². The molecule has 0 atom stereocenters. The van der Waals surface area contributed by atoms with Crippen molar-refractivity contribution >= 4 is 0 Å². The van der Waals surface area contributed by atoms with Crippen LogP contribution in [0.25, 0.3) is 11.3 Å². The molecule has 2 aromatic rings. The second-order valence-electron chi connectivity index (χ2n) is 4.05.